The molecule has 1 aromatic carbocycles. The maximum absolute atomic E-state index is 13.4. The van der Waals surface area contributed by atoms with Gasteiger partial charge in [0, 0.05) is 5.69 Å². The van der Waals surface area contributed by atoms with E-state index >= 15 is 0 Å². The number of fused-ring (bicyclic) bond motifs is 1. The predicted molar refractivity (Wildman–Crippen MR) is 140 cm³/mol. The Balaban J connectivity index is 1.65. The molecule has 0 saturated carbocycles. The summed E-state index contributed by atoms with van der Waals surface area (Å²) >= 11 is 2.47. The van der Waals surface area contributed by atoms with E-state index in [4.69, 9.17) is 0 Å². The van der Waals surface area contributed by atoms with Crippen LogP contribution in [0.5, 0.6) is 0 Å². The molecule has 3 aromatic heterocycles. The number of hydrogen-bond acceptors (Lipinski definition) is 8. The third-order valence-electron chi connectivity index (χ3n) is 5.74. The monoisotopic (exact) mass is 510 g/mol. The summed E-state index contributed by atoms with van der Waals surface area (Å²) in [6.45, 7) is 9.44. The molecule has 9 nitrogen and oxygen atoms in total. The Labute approximate surface area is 210 Å². The van der Waals surface area contributed by atoms with Crippen LogP contribution in [0, 0.1) is 20.8 Å². The number of carbonyl (C=O) groups is 2. The van der Waals surface area contributed by atoms with Crippen LogP contribution in [0.25, 0.3) is 10.2 Å². The number of benzene rings is 1. The third kappa shape index (κ3) is 4.87. The quantitative estimate of drug-likeness (QED) is 0.374. The summed E-state index contributed by atoms with van der Waals surface area (Å²) in [6.07, 6.45) is 2.47. The van der Waals surface area contributed by atoms with E-state index in [9.17, 15) is 14.4 Å². The summed E-state index contributed by atoms with van der Waals surface area (Å²) < 4.78 is 1.32. The highest BCUT2D eigenvalue weighted by Gasteiger charge is 2.25. The van der Waals surface area contributed by atoms with Crippen molar-refractivity contribution in [3.63, 3.8) is 0 Å². The van der Waals surface area contributed by atoms with E-state index in [1.807, 2.05) is 45.9 Å². The number of aryl methyl sites for hydroxylation is 4. The van der Waals surface area contributed by atoms with Crippen LogP contribution in [0.1, 0.15) is 57.7 Å². The molecular weight excluding hydrogens is 484 g/mol. The number of thiophene rings is 1. The Morgan fingerprint density at radius 1 is 1.09 bits per heavy atom. The van der Waals surface area contributed by atoms with Gasteiger partial charge < -0.3 is 5.32 Å². The Hall–Kier alpha value is -3.44. The summed E-state index contributed by atoms with van der Waals surface area (Å²) in [4.78, 5) is 44.7. The van der Waals surface area contributed by atoms with Gasteiger partial charge in [-0.15, -0.1) is 21.5 Å². The fourth-order valence-electron chi connectivity index (χ4n) is 3.85. The van der Waals surface area contributed by atoms with Gasteiger partial charge in [0.2, 0.25) is 11.0 Å². The number of carbonyl (C=O) groups excluding carboxylic acids is 2. The molecule has 0 saturated heterocycles. The second-order valence-electron chi connectivity index (χ2n) is 8.23. The van der Waals surface area contributed by atoms with Crippen molar-refractivity contribution in [2.75, 3.05) is 10.6 Å². The van der Waals surface area contributed by atoms with Gasteiger partial charge in [-0.3, -0.25) is 24.3 Å². The SMILES string of the molecule is CCc1nnc(NC(=O)C(CC)n2cnc3sc(C(=O)Nc4ccc(C)cc4C)c(C)c3c2=O)s1. The average molecular weight is 511 g/mol. The van der Waals surface area contributed by atoms with E-state index in [0.717, 1.165) is 22.6 Å². The van der Waals surface area contributed by atoms with Crippen molar-refractivity contribution in [1.82, 2.24) is 19.7 Å². The molecule has 0 spiro atoms. The van der Waals surface area contributed by atoms with Gasteiger partial charge in [0.15, 0.2) is 0 Å². The Bertz CT molecular complexity index is 1490. The molecule has 0 radical (unpaired) electrons. The number of aromatic nitrogens is 4. The van der Waals surface area contributed by atoms with Gasteiger partial charge in [-0.1, -0.05) is 42.9 Å². The van der Waals surface area contributed by atoms with Crippen molar-refractivity contribution in [3.8, 4) is 0 Å². The van der Waals surface area contributed by atoms with Gasteiger partial charge in [-0.25, -0.2) is 4.98 Å². The summed E-state index contributed by atoms with van der Waals surface area (Å²) in [5.41, 5.74) is 2.97. The normalized spacial score (nSPS) is 12.0. The number of nitrogens with zero attached hydrogens (tertiary/aromatic N) is 4. The minimum atomic E-state index is -0.778. The van der Waals surface area contributed by atoms with Crippen LogP contribution in [-0.2, 0) is 11.2 Å². The number of anilines is 2. The molecule has 182 valence electrons. The minimum Gasteiger partial charge on any atom is -0.321 e. The van der Waals surface area contributed by atoms with Crippen LogP contribution >= 0.6 is 22.7 Å². The van der Waals surface area contributed by atoms with Crippen molar-refractivity contribution >= 4 is 55.5 Å². The summed E-state index contributed by atoms with van der Waals surface area (Å²) in [6, 6.07) is 5.01. The summed E-state index contributed by atoms with van der Waals surface area (Å²) in [5.74, 6) is -0.661. The van der Waals surface area contributed by atoms with Crippen molar-refractivity contribution in [2.45, 2.75) is 53.5 Å². The van der Waals surface area contributed by atoms with E-state index in [1.54, 1.807) is 6.92 Å². The van der Waals surface area contributed by atoms with Gasteiger partial charge in [-0.05, 0) is 50.8 Å². The minimum absolute atomic E-state index is 0.295. The summed E-state index contributed by atoms with van der Waals surface area (Å²) in [5, 5.41) is 15.2. The molecule has 1 atom stereocenters. The van der Waals surface area contributed by atoms with Gasteiger partial charge in [0.25, 0.3) is 11.5 Å². The highest BCUT2D eigenvalue weighted by molar-refractivity contribution is 7.20. The fraction of sp³-hybridized carbons (Fsp3) is 0.333. The first-order chi connectivity index (χ1) is 16.7. The van der Waals surface area contributed by atoms with Gasteiger partial charge in [-0.2, -0.15) is 0 Å². The molecule has 35 heavy (non-hydrogen) atoms. The molecule has 2 N–H and O–H groups in total. The first kappa shape index (κ1) is 24.7. The molecule has 1 unspecified atom stereocenters. The van der Waals surface area contributed by atoms with Gasteiger partial charge in [0.05, 0.1) is 16.6 Å². The number of rotatable bonds is 7. The number of amides is 2. The first-order valence-electron chi connectivity index (χ1n) is 11.3. The lowest BCUT2D eigenvalue weighted by atomic mass is 10.1. The van der Waals surface area contributed by atoms with Crippen molar-refractivity contribution < 1.29 is 9.59 Å². The summed E-state index contributed by atoms with van der Waals surface area (Å²) in [7, 11) is 0. The standard InChI is InChI=1S/C24H26N6O3S2/c1-6-16(20(31)27-24-29-28-17(7-2)34-24)30-11-25-22-18(23(30)33)14(5)19(35-22)21(32)26-15-9-8-12(3)10-13(15)4/h8-11,16H,6-7H2,1-5H3,(H,26,32)(H,27,29,31). The van der Waals surface area contributed by atoms with Gasteiger partial charge in [0.1, 0.15) is 15.9 Å². The molecular formula is C24H26N6O3S2. The van der Waals surface area contributed by atoms with E-state index in [0.29, 0.717) is 37.9 Å². The maximum atomic E-state index is 13.4. The zero-order chi connectivity index (χ0) is 25.3. The van der Waals surface area contributed by atoms with E-state index < -0.39 is 6.04 Å². The molecule has 4 aromatic rings. The zero-order valence-electron chi connectivity index (χ0n) is 20.1. The molecule has 0 fully saturated rings. The van der Waals surface area contributed by atoms with Crippen LogP contribution in [0.2, 0.25) is 0 Å². The van der Waals surface area contributed by atoms with Crippen LogP contribution in [0.4, 0.5) is 10.8 Å². The van der Waals surface area contributed by atoms with Gasteiger partial charge >= 0.3 is 0 Å². The van der Waals surface area contributed by atoms with E-state index in [1.165, 1.54) is 33.6 Å². The molecule has 11 heteroatoms. The molecule has 3 heterocycles. The van der Waals surface area contributed by atoms with E-state index in [2.05, 4.69) is 25.8 Å². The van der Waals surface area contributed by atoms with Crippen LogP contribution in [-0.4, -0.2) is 31.6 Å². The Morgan fingerprint density at radius 3 is 2.51 bits per heavy atom. The lowest BCUT2D eigenvalue weighted by Crippen LogP contribution is -2.33. The lowest BCUT2D eigenvalue weighted by molar-refractivity contribution is -0.119. The fourth-order valence-corrected chi connectivity index (χ4v) is 5.57. The molecule has 4 rings (SSSR count). The predicted octanol–water partition coefficient (Wildman–Crippen LogP) is 4.64. The van der Waals surface area contributed by atoms with Crippen molar-refractivity contribution in [2.24, 2.45) is 0 Å². The smallest absolute Gasteiger partial charge is 0.266 e. The lowest BCUT2D eigenvalue weighted by Gasteiger charge is -2.16. The van der Waals surface area contributed by atoms with E-state index in [-0.39, 0.29) is 17.4 Å². The Morgan fingerprint density at radius 2 is 1.86 bits per heavy atom. The van der Waals surface area contributed by atoms with Crippen LogP contribution < -0.4 is 16.2 Å². The molecule has 0 aliphatic heterocycles. The van der Waals surface area contributed by atoms with Crippen LogP contribution in [0.15, 0.2) is 29.3 Å². The topological polar surface area (TPSA) is 119 Å². The van der Waals surface area contributed by atoms with Crippen molar-refractivity contribution in [3.05, 3.63) is 61.5 Å². The maximum Gasteiger partial charge on any atom is 0.266 e. The second kappa shape index (κ2) is 10.0. The molecule has 0 aliphatic rings. The van der Waals surface area contributed by atoms with Crippen molar-refractivity contribution in [1.29, 1.82) is 0 Å². The number of hydrogen-bond donors (Lipinski definition) is 2. The first-order valence-corrected chi connectivity index (χ1v) is 12.9. The molecule has 2 amide bonds. The number of nitrogens with one attached hydrogen (secondary N) is 2. The molecule has 0 bridgehead atoms. The highest BCUT2D eigenvalue weighted by Crippen LogP contribution is 2.29. The second-order valence-corrected chi connectivity index (χ2v) is 10.3. The zero-order valence-corrected chi connectivity index (χ0v) is 21.8. The average Bonchev–Trinajstić information content (AvgIpc) is 3.42. The highest BCUT2D eigenvalue weighted by atomic mass is 32.1. The Kier molecular flexibility index (Phi) is 7.08. The molecule has 0 aliphatic carbocycles. The van der Waals surface area contributed by atoms with Crippen LogP contribution in [0.3, 0.4) is 0 Å². The third-order valence-corrected chi connectivity index (χ3v) is 7.92. The largest absolute Gasteiger partial charge is 0.321 e.